The van der Waals surface area contributed by atoms with Crippen LogP contribution in [-0.2, 0) is 47.9 Å². The number of hydrogen-bond donors (Lipinski definition) is 9. The highest BCUT2D eigenvalue weighted by Gasteiger charge is 2.27. The lowest BCUT2D eigenvalue weighted by Gasteiger charge is -2.36. The lowest BCUT2D eigenvalue weighted by atomic mass is 10.0. The second kappa shape index (κ2) is 41.5. The Morgan fingerprint density at radius 1 is 0.282 bits per heavy atom. The van der Waals surface area contributed by atoms with E-state index in [-0.39, 0.29) is 161 Å². The summed E-state index contributed by atoms with van der Waals surface area (Å²) in [7, 11) is 0. The molecule has 3 fully saturated rings. The predicted molar refractivity (Wildman–Crippen MR) is 311 cm³/mol. The number of aliphatic carboxylic acids is 8. The highest BCUT2D eigenvalue weighted by Crippen LogP contribution is 2.10. The third-order valence-corrected chi connectivity index (χ3v) is 14.7. The molecule has 0 aromatic carbocycles. The fourth-order valence-corrected chi connectivity index (χ4v) is 10.2. The summed E-state index contributed by atoms with van der Waals surface area (Å²) in [5, 5.41) is 78.6. The zero-order chi connectivity index (χ0) is 63.6. The van der Waals surface area contributed by atoms with E-state index >= 15 is 0 Å². The molecule has 0 aromatic rings. The molecule has 3 aliphatic rings. The molecule has 9 N–H and O–H groups in total. The van der Waals surface area contributed by atoms with Gasteiger partial charge in [0.2, 0.25) is 5.91 Å². The van der Waals surface area contributed by atoms with Crippen LogP contribution in [0.5, 0.6) is 0 Å². The number of amides is 1. The first-order valence-electron chi connectivity index (χ1n) is 29.2. The van der Waals surface area contributed by atoms with E-state index in [1.165, 1.54) is 6.92 Å². The maximum atomic E-state index is 13.7. The molecule has 0 aliphatic carbocycles. The third-order valence-electron chi connectivity index (χ3n) is 14.7. The summed E-state index contributed by atoms with van der Waals surface area (Å²) < 4.78 is 0. The van der Waals surface area contributed by atoms with E-state index in [4.69, 9.17) is 0 Å². The van der Waals surface area contributed by atoms with Gasteiger partial charge in [-0.15, -0.1) is 0 Å². The van der Waals surface area contributed by atoms with Crippen molar-refractivity contribution in [2.45, 2.75) is 40.7 Å². The zero-order valence-corrected chi connectivity index (χ0v) is 50.7. The topological polar surface area (TPSA) is 383 Å². The molecular formula is C54H99N13O18. The first kappa shape index (κ1) is 75.5. The smallest absolute Gasteiger partial charge is 0.317 e. The Balaban J connectivity index is 0.000000735. The molecule has 3 heterocycles. The van der Waals surface area contributed by atoms with Gasteiger partial charge in [-0.25, -0.2) is 0 Å². The van der Waals surface area contributed by atoms with E-state index in [1.807, 2.05) is 33.4 Å². The van der Waals surface area contributed by atoms with Crippen LogP contribution in [0.25, 0.3) is 0 Å². The Bertz CT molecular complexity index is 2000. The van der Waals surface area contributed by atoms with Gasteiger partial charge in [-0.3, -0.25) is 102 Å². The molecule has 488 valence electrons. The Hall–Kier alpha value is -5.58. The van der Waals surface area contributed by atoms with Gasteiger partial charge in [-0.2, -0.15) is 0 Å². The van der Waals surface area contributed by atoms with Gasteiger partial charge in [0.1, 0.15) is 5.78 Å². The predicted octanol–water partition coefficient (Wildman–Crippen LogP) is -4.30. The van der Waals surface area contributed by atoms with Crippen LogP contribution < -0.4 is 5.32 Å². The Kier molecular flexibility index (Phi) is 36.9. The molecule has 3 rings (SSSR count). The second-order valence-corrected chi connectivity index (χ2v) is 23.0. The van der Waals surface area contributed by atoms with Crippen molar-refractivity contribution < 1.29 is 88.8 Å². The molecule has 0 radical (unpaired) electrons. The normalized spacial score (nSPS) is 20.2. The number of nitrogens with one attached hydrogen (secondary N) is 1. The number of Topliss-reactive ketones (excluding diaryl/α,β-unsaturated/α-hetero) is 1. The molecular weight excluding hydrogens is 1120 g/mol. The maximum absolute atomic E-state index is 13.7. The fourth-order valence-electron chi connectivity index (χ4n) is 10.2. The van der Waals surface area contributed by atoms with Crippen LogP contribution in [0.3, 0.4) is 0 Å². The summed E-state index contributed by atoms with van der Waals surface area (Å²) in [6, 6.07) is -0.378. The van der Waals surface area contributed by atoms with E-state index in [9.17, 15) is 88.8 Å². The fraction of sp³-hybridized carbons (Fsp3) is 0.815. The minimum absolute atomic E-state index is 0.0193. The van der Waals surface area contributed by atoms with Crippen molar-refractivity contribution in [2.24, 2.45) is 11.8 Å². The van der Waals surface area contributed by atoms with Gasteiger partial charge in [0.25, 0.3) is 0 Å². The number of hydrogen-bond acceptors (Lipinski definition) is 22. The van der Waals surface area contributed by atoms with E-state index in [0.717, 1.165) is 19.6 Å². The van der Waals surface area contributed by atoms with Crippen molar-refractivity contribution in [3.05, 3.63) is 0 Å². The van der Waals surface area contributed by atoms with Crippen molar-refractivity contribution >= 4 is 59.4 Å². The van der Waals surface area contributed by atoms with Gasteiger partial charge in [0.15, 0.2) is 0 Å². The van der Waals surface area contributed by atoms with Crippen LogP contribution in [0, 0.1) is 11.8 Å². The van der Waals surface area contributed by atoms with Crippen LogP contribution in [0.2, 0.25) is 0 Å². The third kappa shape index (κ3) is 37.6. The highest BCUT2D eigenvalue weighted by molar-refractivity contribution is 5.78. The molecule has 0 saturated carbocycles. The van der Waals surface area contributed by atoms with Gasteiger partial charge < -0.3 is 51.1 Å². The molecule has 3 aliphatic heterocycles. The van der Waals surface area contributed by atoms with Gasteiger partial charge >= 0.3 is 47.8 Å². The van der Waals surface area contributed by atoms with Gasteiger partial charge in [-0.1, -0.05) is 27.7 Å². The number of carboxylic acids is 8. The summed E-state index contributed by atoms with van der Waals surface area (Å²) in [6.45, 7) is 19.1. The number of nitrogens with zero attached hydrogens (tertiary/aromatic N) is 12. The first-order valence-corrected chi connectivity index (χ1v) is 29.2. The highest BCUT2D eigenvalue weighted by atomic mass is 16.4. The minimum atomic E-state index is -1.05. The van der Waals surface area contributed by atoms with Crippen LogP contribution in [0.1, 0.15) is 34.6 Å². The van der Waals surface area contributed by atoms with Crippen molar-refractivity contribution in [1.29, 1.82) is 0 Å². The average molecular weight is 1220 g/mol. The number of carboxylic acid groups (broad SMARTS) is 8. The summed E-state index contributed by atoms with van der Waals surface area (Å²) in [5.74, 6) is -7.81. The number of carbonyl (C=O) groups is 10. The van der Waals surface area contributed by atoms with E-state index in [2.05, 4.69) is 29.0 Å². The molecule has 1 atom stereocenters. The van der Waals surface area contributed by atoms with Crippen molar-refractivity contribution in [3.63, 3.8) is 0 Å². The van der Waals surface area contributed by atoms with Crippen molar-refractivity contribution in [2.75, 3.05) is 236 Å². The molecule has 3 saturated heterocycles. The Morgan fingerprint density at radius 2 is 0.459 bits per heavy atom. The molecule has 0 unspecified atom stereocenters. The van der Waals surface area contributed by atoms with Crippen LogP contribution >= 0.6 is 0 Å². The van der Waals surface area contributed by atoms with Crippen LogP contribution in [-0.4, -0.2) is 401 Å². The lowest BCUT2D eigenvalue weighted by molar-refractivity contribution is -0.140. The standard InChI is InChI=1S/C35H63N9O13.C19H36N4O5/c1-27(2)28(19-37-3-7-39(21-30(46)47)11-15-43(25-34(54)55)16-12-40(8-4-37)22-31(48)49)36-29(45)20-38-5-9-41(23-32(50)51)13-17-44(26-35(56)57)18-14-42(10-6-38)24-33(52)53;1-16(2)12-20-4-8-22(14-18(25)26)10-6-21(13-17(3)24)7-11-23(9-5-20)15-19(27)28/h27-28H,3-26H2,1-2H3,(H,36,45)(H,46,47)(H,48,49)(H,50,51)(H,52,53)(H,54,55)(H,56,57);16H,4-15H2,1-3H3,(H,25,26)(H,27,28)/t28-;/m1./s1. The van der Waals surface area contributed by atoms with E-state index in [1.54, 1.807) is 29.4 Å². The van der Waals surface area contributed by atoms with Crippen molar-refractivity contribution in [3.8, 4) is 0 Å². The van der Waals surface area contributed by atoms with Crippen molar-refractivity contribution in [1.82, 2.24) is 64.1 Å². The summed E-state index contributed by atoms with van der Waals surface area (Å²) in [5.41, 5.74) is 0. The SMILES string of the molecule is CC(=O)CN1CCN(CC(=O)O)CCN(CC(C)C)CCN(CC(=O)O)CC1.CC(C)[C@@H](CN1CCN(CC(=O)O)CCN(CC(=O)O)CCN(CC(=O)O)CC1)NC(=O)CN1CCN(CC(=O)O)CCN(CC(=O)O)CCN(CC(=O)O)CC1. The van der Waals surface area contributed by atoms with Gasteiger partial charge in [-0.05, 0) is 18.8 Å². The molecule has 31 heteroatoms. The molecule has 85 heavy (non-hydrogen) atoms. The lowest BCUT2D eigenvalue weighted by Crippen LogP contribution is -2.54. The second-order valence-electron chi connectivity index (χ2n) is 23.0. The van der Waals surface area contributed by atoms with Gasteiger partial charge in [0, 0.05) is 176 Å². The number of rotatable bonds is 26. The number of carbonyl (C=O) groups excluding carboxylic acids is 2. The summed E-state index contributed by atoms with van der Waals surface area (Å²) in [6.07, 6.45) is 0. The average Bonchev–Trinajstić information content (AvgIpc) is 3.38. The summed E-state index contributed by atoms with van der Waals surface area (Å²) in [4.78, 5) is 140. The zero-order valence-electron chi connectivity index (χ0n) is 50.7. The molecule has 0 bridgehead atoms. The first-order chi connectivity index (χ1) is 40.0. The molecule has 0 aromatic heterocycles. The van der Waals surface area contributed by atoms with Gasteiger partial charge in [0.05, 0.1) is 65.4 Å². The van der Waals surface area contributed by atoms with Crippen LogP contribution in [0.15, 0.2) is 0 Å². The Morgan fingerprint density at radius 3 is 0.635 bits per heavy atom. The largest absolute Gasteiger partial charge is 0.480 e. The molecule has 1 amide bonds. The van der Waals surface area contributed by atoms with E-state index in [0.29, 0.717) is 84.5 Å². The number of ketones is 1. The molecule has 31 nitrogen and oxygen atoms in total. The maximum Gasteiger partial charge on any atom is 0.317 e. The monoisotopic (exact) mass is 1220 g/mol. The van der Waals surface area contributed by atoms with E-state index < -0.39 is 47.8 Å². The summed E-state index contributed by atoms with van der Waals surface area (Å²) >= 11 is 0. The van der Waals surface area contributed by atoms with Crippen LogP contribution in [0.4, 0.5) is 0 Å². The Labute approximate surface area is 499 Å². The molecule has 0 spiro atoms. The minimum Gasteiger partial charge on any atom is -0.480 e. The quantitative estimate of drug-likeness (QED) is 0.0396.